The number of ether oxygens (including phenoxy) is 1. The Hall–Kier alpha value is -4.64. The van der Waals surface area contributed by atoms with E-state index in [1.54, 1.807) is 85.1 Å². The molecule has 0 aliphatic carbocycles. The van der Waals surface area contributed by atoms with Crippen molar-refractivity contribution in [3.8, 4) is 5.75 Å². The van der Waals surface area contributed by atoms with E-state index in [-0.39, 0.29) is 11.6 Å². The molecule has 5 heteroatoms. The summed E-state index contributed by atoms with van der Waals surface area (Å²) in [4.78, 5) is 29.0. The van der Waals surface area contributed by atoms with Gasteiger partial charge in [-0.1, -0.05) is 35.9 Å². The second kappa shape index (κ2) is 11.0. The van der Waals surface area contributed by atoms with E-state index in [1.807, 2.05) is 19.1 Å². The molecule has 4 aromatic rings. The number of benzene rings is 4. The first kappa shape index (κ1) is 23.5. The maximum Gasteiger partial charge on any atom is 0.343 e. The maximum absolute atomic E-state index is 13.0. The monoisotopic (exact) mass is 463 g/mol. The van der Waals surface area contributed by atoms with E-state index < -0.39 is 5.97 Å². The molecule has 0 saturated heterocycles. The second-order valence-corrected chi connectivity index (χ2v) is 7.88. The van der Waals surface area contributed by atoms with Crippen LogP contribution in [0.25, 0.3) is 6.08 Å². The van der Waals surface area contributed by atoms with Crippen LogP contribution >= 0.6 is 0 Å². The average molecular weight is 464 g/mol. The van der Waals surface area contributed by atoms with Gasteiger partial charge < -0.3 is 4.74 Å². The summed E-state index contributed by atoms with van der Waals surface area (Å²) < 4.78 is 18.4. The third-order valence-corrected chi connectivity index (χ3v) is 5.19. The van der Waals surface area contributed by atoms with Crippen molar-refractivity contribution in [2.45, 2.75) is 6.92 Å². The Balaban J connectivity index is 1.33. The highest BCUT2D eigenvalue weighted by molar-refractivity contribution is 6.07. The van der Waals surface area contributed by atoms with Crippen LogP contribution in [0.2, 0.25) is 0 Å². The first-order valence-corrected chi connectivity index (χ1v) is 11.0. The fraction of sp³-hybridized carbons (Fsp3) is 0.0333. The minimum atomic E-state index is -0.409. The van der Waals surface area contributed by atoms with E-state index in [1.165, 1.54) is 18.2 Å². The average Bonchev–Trinajstić information content (AvgIpc) is 2.88. The Morgan fingerprint density at radius 2 is 1.34 bits per heavy atom. The van der Waals surface area contributed by atoms with Crippen molar-refractivity contribution in [2.24, 2.45) is 4.99 Å². The fourth-order valence-electron chi connectivity index (χ4n) is 3.18. The van der Waals surface area contributed by atoms with Crippen molar-refractivity contribution < 1.29 is 18.7 Å². The van der Waals surface area contributed by atoms with Gasteiger partial charge in [0.2, 0.25) is 0 Å². The number of aliphatic imine (C=N–C) groups is 1. The third kappa shape index (κ3) is 6.68. The number of carbonyl (C=O) groups is 2. The maximum atomic E-state index is 13.0. The number of aryl methyl sites for hydroxylation is 1. The summed E-state index contributed by atoms with van der Waals surface area (Å²) in [6.45, 7) is 1.96. The number of ketones is 1. The molecule has 35 heavy (non-hydrogen) atoms. The first-order chi connectivity index (χ1) is 17.0. The molecular weight excluding hydrogens is 441 g/mol. The number of hydrogen-bond donors (Lipinski definition) is 0. The van der Waals surface area contributed by atoms with Crippen molar-refractivity contribution in [1.82, 2.24) is 0 Å². The Labute approximate surface area is 203 Å². The van der Waals surface area contributed by atoms with E-state index in [0.717, 1.165) is 16.7 Å². The van der Waals surface area contributed by atoms with Crippen LogP contribution in [0.4, 0.5) is 10.1 Å². The normalized spacial score (nSPS) is 11.1. The lowest BCUT2D eigenvalue weighted by Crippen LogP contribution is -2.08. The standard InChI is InChI=1S/C30H22FNO3/c1-21-2-9-25(10-3-21)30(34)35-28-17-6-23(7-18-28)20-32-27-15-11-24(12-16-27)29(33)19-8-22-4-13-26(31)14-5-22/h2-20H,1H3/b19-8+,32-20?. The van der Waals surface area contributed by atoms with E-state index in [9.17, 15) is 14.0 Å². The minimum absolute atomic E-state index is 0.152. The summed E-state index contributed by atoms with van der Waals surface area (Å²) >= 11 is 0. The van der Waals surface area contributed by atoms with Gasteiger partial charge in [-0.05, 0) is 96.9 Å². The van der Waals surface area contributed by atoms with Crippen molar-refractivity contribution in [3.05, 3.63) is 137 Å². The molecule has 0 fully saturated rings. The van der Waals surface area contributed by atoms with Gasteiger partial charge in [0.05, 0.1) is 11.3 Å². The van der Waals surface area contributed by atoms with Gasteiger partial charge in [-0.3, -0.25) is 9.79 Å². The van der Waals surface area contributed by atoms with Gasteiger partial charge in [-0.15, -0.1) is 0 Å². The lowest BCUT2D eigenvalue weighted by atomic mass is 10.1. The largest absolute Gasteiger partial charge is 0.423 e. The van der Waals surface area contributed by atoms with Gasteiger partial charge in [0, 0.05) is 11.8 Å². The van der Waals surface area contributed by atoms with E-state index in [4.69, 9.17) is 4.74 Å². The van der Waals surface area contributed by atoms with Crippen LogP contribution in [-0.2, 0) is 0 Å². The summed E-state index contributed by atoms with van der Waals surface area (Å²) in [7, 11) is 0. The molecule has 172 valence electrons. The number of halogens is 1. The SMILES string of the molecule is Cc1ccc(C(=O)Oc2ccc(C=Nc3ccc(C(=O)/C=C/c4ccc(F)cc4)cc3)cc2)cc1. The van der Waals surface area contributed by atoms with Crippen molar-refractivity contribution in [1.29, 1.82) is 0 Å². The zero-order valence-electron chi connectivity index (χ0n) is 19.0. The molecule has 0 saturated carbocycles. The van der Waals surface area contributed by atoms with E-state index in [2.05, 4.69) is 4.99 Å². The van der Waals surface area contributed by atoms with E-state index in [0.29, 0.717) is 22.6 Å². The van der Waals surface area contributed by atoms with Gasteiger partial charge in [-0.25, -0.2) is 9.18 Å². The second-order valence-electron chi connectivity index (χ2n) is 7.88. The van der Waals surface area contributed by atoms with Crippen LogP contribution in [0.15, 0.2) is 108 Å². The van der Waals surface area contributed by atoms with Gasteiger partial charge in [0.15, 0.2) is 5.78 Å². The highest BCUT2D eigenvalue weighted by atomic mass is 19.1. The number of nitrogens with zero attached hydrogens (tertiary/aromatic N) is 1. The van der Waals surface area contributed by atoms with Crippen LogP contribution in [0, 0.1) is 12.7 Å². The van der Waals surface area contributed by atoms with Crippen molar-refractivity contribution in [3.63, 3.8) is 0 Å². The summed E-state index contributed by atoms with van der Waals surface area (Å²) in [5, 5.41) is 0. The minimum Gasteiger partial charge on any atom is -0.423 e. The number of carbonyl (C=O) groups excluding carboxylic acids is 2. The van der Waals surface area contributed by atoms with Gasteiger partial charge in [-0.2, -0.15) is 0 Å². The molecule has 0 bridgehead atoms. The lowest BCUT2D eigenvalue weighted by Gasteiger charge is -2.05. The Bertz CT molecular complexity index is 1370. The summed E-state index contributed by atoms with van der Waals surface area (Å²) in [6.07, 6.45) is 4.80. The number of rotatable bonds is 7. The Morgan fingerprint density at radius 3 is 2.00 bits per heavy atom. The molecule has 0 heterocycles. The molecule has 4 nitrogen and oxygen atoms in total. The molecular formula is C30H22FNO3. The molecule has 0 amide bonds. The van der Waals surface area contributed by atoms with E-state index >= 15 is 0 Å². The highest BCUT2D eigenvalue weighted by Gasteiger charge is 2.08. The zero-order valence-corrected chi connectivity index (χ0v) is 19.0. The quantitative estimate of drug-likeness (QED) is 0.0975. The van der Waals surface area contributed by atoms with Crippen LogP contribution in [0.3, 0.4) is 0 Å². The number of hydrogen-bond acceptors (Lipinski definition) is 4. The molecule has 0 N–H and O–H groups in total. The van der Waals surface area contributed by atoms with Crippen LogP contribution in [0.1, 0.15) is 37.4 Å². The van der Waals surface area contributed by atoms with Crippen molar-refractivity contribution in [2.75, 3.05) is 0 Å². The molecule has 4 rings (SSSR count). The fourth-order valence-corrected chi connectivity index (χ4v) is 3.18. The summed E-state index contributed by atoms with van der Waals surface area (Å²) in [5.74, 6) is -0.430. The zero-order chi connectivity index (χ0) is 24.6. The summed E-state index contributed by atoms with van der Waals surface area (Å²) in [6, 6.07) is 27.1. The number of allylic oxidation sites excluding steroid dienone is 1. The van der Waals surface area contributed by atoms with Crippen molar-refractivity contribution >= 4 is 29.7 Å². The Morgan fingerprint density at radius 1 is 0.743 bits per heavy atom. The van der Waals surface area contributed by atoms with Crippen LogP contribution in [-0.4, -0.2) is 18.0 Å². The van der Waals surface area contributed by atoms with Gasteiger partial charge in [0.1, 0.15) is 11.6 Å². The van der Waals surface area contributed by atoms with Gasteiger partial charge in [0.25, 0.3) is 0 Å². The molecule has 4 aromatic carbocycles. The summed E-state index contributed by atoms with van der Waals surface area (Å²) in [5.41, 5.74) is 4.37. The smallest absolute Gasteiger partial charge is 0.343 e. The van der Waals surface area contributed by atoms with Crippen LogP contribution in [0.5, 0.6) is 5.75 Å². The molecule has 0 spiro atoms. The molecule has 0 atom stereocenters. The van der Waals surface area contributed by atoms with Gasteiger partial charge >= 0.3 is 5.97 Å². The van der Waals surface area contributed by atoms with Crippen LogP contribution < -0.4 is 4.74 Å². The lowest BCUT2D eigenvalue weighted by molar-refractivity contribution is 0.0734. The highest BCUT2D eigenvalue weighted by Crippen LogP contribution is 2.17. The topological polar surface area (TPSA) is 55.7 Å². The predicted molar refractivity (Wildman–Crippen MR) is 136 cm³/mol. The first-order valence-electron chi connectivity index (χ1n) is 11.0. The third-order valence-electron chi connectivity index (χ3n) is 5.19. The predicted octanol–water partition coefficient (Wildman–Crippen LogP) is 7.00. The molecule has 0 aliphatic rings. The molecule has 0 radical (unpaired) electrons. The molecule has 0 aliphatic heterocycles. The molecule has 0 aromatic heterocycles. The molecule has 0 unspecified atom stereocenters. The number of esters is 1. The Kier molecular flexibility index (Phi) is 7.38.